The van der Waals surface area contributed by atoms with Gasteiger partial charge in [-0.1, -0.05) is 6.08 Å². The first-order valence-electron chi connectivity index (χ1n) is 8.37. The van der Waals surface area contributed by atoms with E-state index in [9.17, 15) is 18.0 Å². The Kier molecular flexibility index (Phi) is 4.72. The van der Waals surface area contributed by atoms with E-state index in [2.05, 4.69) is 4.98 Å². The van der Waals surface area contributed by atoms with Gasteiger partial charge in [0.1, 0.15) is 5.60 Å². The Hall–Kier alpha value is -2.09. The van der Waals surface area contributed by atoms with Gasteiger partial charge >= 0.3 is 12.3 Å². The van der Waals surface area contributed by atoms with Crippen LogP contribution >= 0.6 is 0 Å². The Morgan fingerprint density at radius 1 is 1.27 bits per heavy atom. The monoisotopic (exact) mass is 370 g/mol. The third kappa shape index (κ3) is 4.00. The molecule has 0 saturated carbocycles. The first kappa shape index (κ1) is 18.7. The summed E-state index contributed by atoms with van der Waals surface area (Å²) in [7, 11) is 0. The smallest absolute Gasteiger partial charge is 0.417 e. The normalized spacial score (nSPS) is 23.5. The first-order valence-corrected chi connectivity index (χ1v) is 8.37. The predicted molar refractivity (Wildman–Crippen MR) is 88.3 cm³/mol. The molecule has 2 bridgehead atoms. The van der Waals surface area contributed by atoms with Crippen molar-refractivity contribution in [3.63, 3.8) is 0 Å². The number of aromatic nitrogens is 1. The summed E-state index contributed by atoms with van der Waals surface area (Å²) in [5.74, 6) is 0. The summed E-state index contributed by atoms with van der Waals surface area (Å²) in [5.41, 5.74) is -0.254. The molecule has 142 valence electrons. The number of rotatable bonds is 1. The topological polar surface area (TPSA) is 51.7 Å². The summed E-state index contributed by atoms with van der Waals surface area (Å²) in [6, 6.07) is 0.443. The Balaban J connectivity index is 1.88. The molecule has 5 nitrogen and oxygen atoms in total. The maximum Gasteiger partial charge on any atom is 0.417 e. The molecule has 1 fully saturated rings. The molecule has 1 aromatic rings. The highest BCUT2D eigenvalue weighted by molar-refractivity contribution is 5.74. The van der Waals surface area contributed by atoms with Crippen LogP contribution in [-0.2, 0) is 15.7 Å². The zero-order chi connectivity index (χ0) is 19.1. The third-order valence-electron chi connectivity index (χ3n) is 4.24. The van der Waals surface area contributed by atoms with Crippen molar-refractivity contribution in [2.75, 3.05) is 13.2 Å². The van der Waals surface area contributed by atoms with Crippen molar-refractivity contribution < 1.29 is 27.4 Å². The molecule has 3 heterocycles. The van der Waals surface area contributed by atoms with Gasteiger partial charge < -0.3 is 9.47 Å². The molecule has 1 amide bonds. The van der Waals surface area contributed by atoms with Gasteiger partial charge in [-0.15, -0.1) is 0 Å². The highest BCUT2D eigenvalue weighted by Crippen LogP contribution is 2.35. The van der Waals surface area contributed by atoms with Crippen molar-refractivity contribution in [2.24, 2.45) is 0 Å². The van der Waals surface area contributed by atoms with E-state index in [4.69, 9.17) is 9.47 Å². The van der Waals surface area contributed by atoms with Crippen LogP contribution in [0.25, 0.3) is 5.57 Å². The van der Waals surface area contributed by atoms with Gasteiger partial charge in [0.05, 0.1) is 30.9 Å². The summed E-state index contributed by atoms with van der Waals surface area (Å²) in [5, 5.41) is 0. The average Bonchev–Trinajstić information content (AvgIpc) is 2.51. The molecule has 0 spiro atoms. The van der Waals surface area contributed by atoms with E-state index in [1.54, 1.807) is 31.7 Å². The standard InChI is InChI=1S/C18H21F3N2O3/c1-17(2,3)26-16(24)23-14-5-11(6-15(23)10-25-9-14)12-4-13(8-22-7-12)18(19,20)21/h4-5,7-8,14-15H,6,9-10H2,1-3H3. The lowest BCUT2D eigenvalue weighted by atomic mass is 9.90. The number of carbonyl (C=O) groups is 1. The van der Waals surface area contributed by atoms with Crippen LogP contribution in [-0.4, -0.2) is 46.9 Å². The van der Waals surface area contributed by atoms with E-state index in [-0.39, 0.29) is 18.7 Å². The number of carbonyl (C=O) groups excluding carboxylic acids is 1. The first-order chi connectivity index (χ1) is 12.0. The van der Waals surface area contributed by atoms with Gasteiger partial charge in [-0.25, -0.2) is 4.79 Å². The second kappa shape index (κ2) is 6.57. The Labute approximate surface area is 149 Å². The van der Waals surface area contributed by atoms with Crippen molar-refractivity contribution in [3.8, 4) is 0 Å². The summed E-state index contributed by atoms with van der Waals surface area (Å²) < 4.78 is 49.8. The lowest BCUT2D eigenvalue weighted by Gasteiger charge is -2.44. The van der Waals surface area contributed by atoms with Gasteiger partial charge in [-0.3, -0.25) is 9.88 Å². The second-order valence-corrected chi connectivity index (χ2v) is 7.50. The van der Waals surface area contributed by atoms with Crippen LogP contribution in [0.3, 0.4) is 0 Å². The van der Waals surface area contributed by atoms with Crippen molar-refractivity contribution in [3.05, 3.63) is 35.7 Å². The third-order valence-corrected chi connectivity index (χ3v) is 4.24. The zero-order valence-electron chi connectivity index (χ0n) is 14.8. The molecule has 2 atom stereocenters. The van der Waals surface area contributed by atoms with Crippen molar-refractivity contribution in [2.45, 2.75) is 51.1 Å². The van der Waals surface area contributed by atoms with E-state index in [1.807, 2.05) is 0 Å². The Bertz CT molecular complexity index is 725. The fourth-order valence-corrected chi connectivity index (χ4v) is 3.18. The highest BCUT2D eigenvalue weighted by Gasteiger charge is 2.40. The molecule has 3 rings (SSSR count). The fraction of sp³-hybridized carbons (Fsp3) is 0.556. The largest absolute Gasteiger partial charge is 0.444 e. The van der Waals surface area contributed by atoms with Gasteiger partial charge in [0, 0.05) is 12.4 Å². The van der Waals surface area contributed by atoms with E-state index in [0.29, 0.717) is 18.6 Å². The van der Waals surface area contributed by atoms with Crippen LogP contribution in [0.5, 0.6) is 0 Å². The molecule has 0 aliphatic carbocycles. The number of halogens is 3. The molecule has 2 aliphatic heterocycles. The predicted octanol–water partition coefficient (Wildman–Crippen LogP) is 3.89. The molecular weight excluding hydrogens is 349 g/mol. The quantitative estimate of drug-likeness (QED) is 0.753. The number of pyridine rings is 1. The second-order valence-electron chi connectivity index (χ2n) is 7.50. The average molecular weight is 370 g/mol. The lowest BCUT2D eigenvalue weighted by Crippen LogP contribution is -2.57. The van der Waals surface area contributed by atoms with E-state index in [0.717, 1.165) is 17.8 Å². The fourth-order valence-electron chi connectivity index (χ4n) is 3.18. The van der Waals surface area contributed by atoms with Crippen LogP contribution in [0.1, 0.15) is 38.3 Å². The number of alkyl halides is 3. The van der Waals surface area contributed by atoms with Crippen LogP contribution in [0.2, 0.25) is 0 Å². The molecule has 2 unspecified atom stereocenters. The maximum atomic E-state index is 12.9. The van der Waals surface area contributed by atoms with Gasteiger partial charge in [-0.2, -0.15) is 13.2 Å². The minimum absolute atomic E-state index is 0.279. The van der Waals surface area contributed by atoms with Crippen molar-refractivity contribution >= 4 is 11.7 Å². The molecule has 0 aromatic carbocycles. The number of amides is 1. The number of hydrogen-bond donors (Lipinski definition) is 0. The van der Waals surface area contributed by atoms with Gasteiger partial charge in [0.2, 0.25) is 0 Å². The van der Waals surface area contributed by atoms with Crippen molar-refractivity contribution in [1.29, 1.82) is 0 Å². The van der Waals surface area contributed by atoms with Crippen molar-refractivity contribution in [1.82, 2.24) is 9.88 Å². The zero-order valence-corrected chi connectivity index (χ0v) is 14.8. The maximum absolute atomic E-state index is 12.9. The highest BCUT2D eigenvalue weighted by atomic mass is 19.4. The van der Waals surface area contributed by atoms with E-state index < -0.39 is 23.4 Å². The summed E-state index contributed by atoms with van der Waals surface area (Å²) in [6.45, 7) is 5.97. The molecule has 2 aliphatic rings. The molecule has 8 heteroatoms. The summed E-state index contributed by atoms with van der Waals surface area (Å²) in [6.07, 6.45) is -0.492. The SMILES string of the molecule is CC(C)(C)OC(=O)N1C2C=C(c3cncc(C(F)(F)F)c3)CC1COC2. The lowest BCUT2D eigenvalue weighted by molar-refractivity contribution is -0.137. The van der Waals surface area contributed by atoms with Gasteiger partial charge in [0.15, 0.2) is 0 Å². The summed E-state index contributed by atoms with van der Waals surface area (Å²) in [4.78, 5) is 17.9. The molecule has 1 aromatic heterocycles. The number of morpholine rings is 1. The minimum atomic E-state index is -4.44. The molecule has 1 saturated heterocycles. The molecule has 0 N–H and O–H groups in total. The number of hydrogen-bond acceptors (Lipinski definition) is 4. The minimum Gasteiger partial charge on any atom is -0.444 e. The Morgan fingerprint density at radius 3 is 2.62 bits per heavy atom. The van der Waals surface area contributed by atoms with E-state index in [1.165, 1.54) is 6.20 Å². The number of fused-ring (bicyclic) bond motifs is 2. The Morgan fingerprint density at radius 2 is 2.00 bits per heavy atom. The molecular formula is C18H21F3N2O3. The summed E-state index contributed by atoms with van der Waals surface area (Å²) >= 11 is 0. The van der Waals surface area contributed by atoms with Crippen LogP contribution < -0.4 is 0 Å². The van der Waals surface area contributed by atoms with Crippen LogP contribution in [0.4, 0.5) is 18.0 Å². The van der Waals surface area contributed by atoms with E-state index >= 15 is 0 Å². The number of nitrogens with zero attached hydrogens (tertiary/aromatic N) is 2. The molecule has 0 radical (unpaired) electrons. The number of ether oxygens (including phenoxy) is 2. The van der Waals surface area contributed by atoms with Gasteiger partial charge in [0.25, 0.3) is 0 Å². The van der Waals surface area contributed by atoms with Gasteiger partial charge in [-0.05, 0) is 44.4 Å². The molecule has 26 heavy (non-hydrogen) atoms. The van der Waals surface area contributed by atoms with Crippen LogP contribution in [0, 0.1) is 0 Å². The van der Waals surface area contributed by atoms with Crippen LogP contribution in [0.15, 0.2) is 24.5 Å².